The minimum atomic E-state index is 0. The second-order valence-corrected chi connectivity index (χ2v) is 7.54. The van der Waals surface area contributed by atoms with Gasteiger partial charge >= 0.3 is 26.2 Å². The summed E-state index contributed by atoms with van der Waals surface area (Å²) in [6, 6.07) is 0. The summed E-state index contributed by atoms with van der Waals surface area (Å²) < 4.78 is 0. The number of halogens is 2. The molecule has 0 bridgehead atoms. The first-order valence-electron chi connectivity index (χ1n) is 7.60. The van der Waals surface area contributed by atoms with Gasteiger partial charge in [0, 0.05) is 0 Å². The third kappa shape index (κ3) is 8.42. The van der Waals surface area contributed by atoms with E-state index in [0.29, 0.717) is 12.0 Å². The quantitative estimate of drug-likeness (QED) is 0.371. The molecule has 0 amide bonds. The molecule has 4 heteroatoms. The van der Waals surface area contributed by atoms with Crippen LogP contribution in [0.1, 0.15) is 55.4 Å². The largest absolute Gasteiger partial charge is 4.00 e. The molecule has 1 aliphatic heterocycles. The molecule has 0 aromatic heterocycles. The Balaban J connectivity index is -0.000000308. The van der Waals surface area contributed by atoms with Crippen molar-refractivity contribution in [2.45, 2.75) is 67.0 Å². The molecule has 0 nitrogen and oxygen atoms in total. The van der Waals surface area contributed by atoms with Crippen LogP contribution in [0.3, 0.4) is 0 Å². The molecule has 0 saturated heterocycles. The summed E-state index contributed by atoms with van der Waals surface area (Å²) in [5, 5.41) is 0.376. The molecule has 0 saturated carbocycles. The molecule has 2 rings (SSSR count). The summed E-state index contributed by atoms with van der Waals surface area (Å²) in [4.78, 5) is 0. The number of hydrogen-bond acceptors (Lipinski definition) is 0. The summed E-state index contributed by atoms with van der Waals surface area (Å²) in [6.07, 6.45) is 10.9. The van der Waals surface area contributed by atoms with Crippen molar-refractivity contribution >= 4 is 6.71 Å². The fourth-order valence-electron chi connectivity index (χ4n) is 2.53. The van der Waals surface area contributed by atoms with Gasteiger partial charge in [0.2, 0.25) is 0 Å². The zero-order valence-corrected chi connectivity index (χ0v) is 19.7. The van der Waals surface area contributed by atoms with Gasteiger partial charge in [0.05, 0.1) is 6.71 Å². The first-order chi connectivity index (χ1) is 9.05. The van der Waals surface area contributed by atoms with Crippen molar-refractivity contribution in [3.8, 4) is 0 Å². The van der Waals surface area contributed by atoms with Crippen LogP contribution < -0.4 is 24.8 Å². The van der Waals surface area contributed by atoms with E-state index in [4.69, 9.17) is 0 Å². The van der Waals surface area contributed by atoms with E-state index in [1.807, 2.05) is 6.08 Å². The molecule has 0 N–H and O–H groups in total. The van der Waals surface area contributed by atoms with Crippen molar-refractivity contribution in [3.05, 3.63) is 47.0 Å². The molecule has 23 heavy (non-hydrogen) atoms. The van der Waals surface area contributed by atoms with Gasteiger partial charge in [0.25, 0.3) is 0 Å². The summed E-state index contributed by atoms with van der Waals surface area (Å²) >= 11 is 0. The zero-order valence-electron chi connectivity index (χ0n) is 15.8. The predicted octanol–water partition coefficient (Wildman–Crippen LogP) is -0.133. The topological polar surface area (TPSA) is 0 Å². The van der Waals surface area contributed by atoms with Crippen LogP contribution in [0.5, 0.6) is 0 Å². The maximum Gasteiger partial charge on any atom is 4.00 e. The fraction of sp³-hybridized carbons (Fsp3) is 0.579. The van der Waals surface area contributed by atoms with Crippen molar-refractivity contribution in [1.82, 2.24) is 0 Å². The molecule has 126 valence electrons. The monoisotopic (exact) mass is 428 g/mol. The molecule has 0 aromatic carbocycles. The van der Waals surface area contributed by atoms with E-state index < -0.39 is 0 Å². The minimum absolute atomic E-state index is 0. The van der Waals surface area contributed by atoms with E-state index in [2.05, 4.69) is 79.6 Å². The molecule has 1 aliphatic carbocycles. The van der Waals surface area contributed by atoms with Gasteiger partial charge in [0.1, 0.15) is 0 Å². The first kappa shape index (κ1) is 28.3. The Morgan fingerprint density at radius 1 is 1.09 bits per heavy atom. The first-order valence-corrected chi connectivity index (χ1v) is 7.60. The van der Waals surface area contributed by atoms with Crippen LogP contribution in [0.15, 0.2) is 34.9 Å². The van der Waals surface area contributed by atoms with Gasteiger partial charge in [-0.15, -0.1) is 6.92 Å². The molecule has 0 spiro atoms. The maximum absolute atomic E-state index is 3.44. The molecule has 2 aliphatic rings. The summed E-state index contributed by atoms with van der Waals surface area (Å²) in [5.41, 5.74) is 4.39. The average molecular weight is 430 g/mol. The van der Waals surface area contributed by atoms with Crippen LogP contribution in [0.25, 0.3) is 0 Å². The Morgan fingerprint density at radius 3 is 1.78 bits per heavy atom. The molecule has 0 unspecified atom stereocenters. The normalized spacial score (nSPS) is 18.1. The van der Waals surface area contributed by atoms with Crippen LogP contribution in [-0.2, 0) is 26.2 Å². The fourth-order valence-corrected chi connectivity index (χ4v) is 2.53. The maximum atomic E-state index is 3.44. The van der Waals surface area contributed by atoms with Crippen molar-refractivity contribution in [2.75, 3.05) is 0 Å². The smallest absolute Gasteiger partial charge is 1.00 e. The molecular weight excluding hydrogens is 401 g/mol. The van der Waals surface area contributed by atoms with E-state index in [0.717, 1.165) is 6.32 Å². The Labute approximate surface area is 176 Å². The third-order valence-electron chi connectivity index (χ3n) is 4.51. The van der Waals surface area contributed by atoms with E-state index in [1.165, 1.54) is 16.7 Å². The van der Waals surface area contributed by atoms with Crippen LogP contribution in [0.2, 0.25) is 11.6 Å². The van der Waals surface area contributed by atoms with E-state index in [9.17, 15) is 0 Å². The Kier molecular flexibility index (Phi) is 13.7. The summed E-state index contributed by atoms with van der Waals surface area (Å²) in [7, 11) is 0. The van der Waals surface area contributed by atoms with E-state index in [1.54, 1.807) is 0 Å². The average Bonchev–Trinajstić information content (AvgIpc) is 2.53. The third-order valence-corrected chi connectivity index (χ3v) is 4.51. The molecule has 0 fully saturated rings. The van der Waals surface area contributed by atoms with Gasteiger partial charge < -0.3 is 30.8 Å². The molecule has 0 aromatic rings. The Hall–Kier alpha value is 0.488. The molecule has 0 radical (unpaired) electrons. The van der Waals surface area contributed by atoms with Gasteiger partial charge in [-0.1, -0.05) is 65.5 Å². The Morgan fingerprint density at radius 2 is 1.61 bits per heavy atom. The van der Waals surface area contributed by atoms with Crippen LogP contribution in [0.4, 0.5) is 0 Å². The molecule has 1 heterocycles. The molecule has 0 atom stereocenters. The van der Waals surface area contributed by atoms with Crippen LogP contribution in [0, 0.1) is 17.5 Å². The summed E-state index contributed by atoms with van der Waals surface area (Å²) in [5.74, 6) is 3.35. The van der Waals surface area contributed by atoms with Crippen LogP contribution >= 0.6 is 0 Å². The van der Waals surface area contributed by atoms with Gasteiger partial charge in [-0.2, -0.15) is 17.2 Å². The summed E-state index contributed by atoms with van der Waals surface area (Å²) in [6.45, 7) is 18.3. The van der Waals surface area contributed by atoms with Crippen molar-refractivity contribution in [2.24, 2.45) is 5.41 Å². The number of rotatable bonds is 0. The van der Waals surface area contributed by atoms with Gasteiger partial charge in [-0.3, -0.25) is 6.08 Å². The van der Waals surface area contributed by atoms with Gasteiger partial charge in [0.15, 0.2) is 0 Å². The minimum Gasteiger partial charge on any atom is -1.00 e. The van der Waals surface area contributed by atoms with Crippen molar-refractivity contribution in [3.63, 3.8) is 0 Å². The van der Waals surface area contributed by atoms with E-state index in [-0.39, 0.29) is 56.4 Å². The standard InChI is InChI=1S/C10H15.C9H14B.2ClH.Zr/c1-7-6-10(4,5)9(3)8(7)2;1-9(2,3)10-7-5-4-6-8-10;;;/h1-5H3;4-6H,7H2,1-3H3;2*1H;/q2*-1;;;+4/p-2. The number of hydrogen-bond donors (Lipinski definition) is 0. The predicted molar refractivity (Wildman–Crippen MR) is 91.8 cm³/mol. The molecular formula is C19H29BCl2Zr. The van der Waals surface area contributed by atoms with Crippen molar-refractivity contribution < 1.29 is 51.0 Å². The van der Waals surface area contributed by atoms with Gasteiger partial charge in [-0.25, -0.2) is 17.7 Å². The Bertz CT molecular complexity index is 480. The van der Waals surface area contributed by atoms with Crippen molar-refractivity contribution in [1.29, 1.82) is 0 Å². The van der Waals surface area contributed by atoms with Gasteiger partial charge in [-0.05, 0) is 0 Å². The number of allylic oxidation sites excluding steroid dienone is 7. The van der Waals surface area contributed by atoms with E-state index >= 15 is 0 Å². The van der Waals surface area contributed by atoms with Crippen LogP contribution in [-0.4, -0.2) is 6.71 Å². The SMILES string of the molecule is CC(C)(C)B1[C-]=CC=CC1.CC1=[C-]C(C)(C)C(C)=C1C.[Cl-].[Cl-].[Zr+4]. The zero-order chi connectivity index (χ0) is 15.6. The second-order valence-electron chi connectivity index (χ2n) is 7.54. The second kappa shape index (κ2) is 11.2.